The first kappa shape index (κ1) is 17.3. The van der Waals surface area contributed by atoms with Crippen molar-refractivity contribution in [2.45, 2.75) is 36.3 Å². The smallest absolute Gasteiger partial charge is 0.256 e. The highest BCUT2D eigenvalue weighted by Gasteiger charge is 2.21. The van der Waals surface area contributed by atoms with E-state index in [0.717, 1.165) is 25.0 Å². The van der Waals surface area contributed by atoms with Crippen molar-refractivity contribution in [3.8, 4) is 11.3 Å². The Morgan fingerprint density at radius 2 is 2.25 bits per heavy atom. The van der Waals surface area contributed by atoms with Crippen LogP contribution in [0.4, 0.5) is 0 Å². The minimum atomic E-state index is -0.289. The molecule has 0 saturated carbocycles. The number of oxazole rings is 1. The van der Waals surface area contributed by atoms with Crippen molar-refractivity contribution < 1.29 is 13.9 Å². The number of halogens is 1. The van der Waals surface area contributed by atoms with Gasteiger partial charge in [-0.3, -0.25) is 4.79 Å². The van der Waals surface area contributed by atoms with E-state index in [1.807, 2.05) is 19.1 Å². The predicted molar refractivity (Wildman–Crippen MR) is 94.3 cm³/mol. The Balaban J connectivity index is 1.53. The number of benzene rings is 1. The van der Waals surface area contributed by atoms with Gasteiger partial charge in [0.15, 0.2) is 5.76 Å². The Bertz CT molecular complexity index is 683. The van der Waals surface area contributed by atoms with Gasteiger partial charge in [0.25, 0.3) is 5.22 Å². The molecule has 24 heavy (non-hydrogen) atoms. The van der Waals surface area contributed by atoms with Crippen LogP contribution in [0, 0.1) is 0 Å². The fraction of sp³-hybridized carbons (Fsp3) is 0.412. The van der Waals surface area contributed by atoms with Gasteiger partial charge in [-0.15, -0.1) is 0 Å². The molecule has 0 radical (unpaired) electrons. The molecule has 0 unspecified atom stereocenters. The Labute approximate surface area is 150 Å². The number of hydrogen-bond acceptors (Lipinski definition) is 5. The van der Waals surface area contributed by atoms with Crippen molar-refractivity contribution in [2.24, 2.45) is 0 Å². The molecular formula is C17H19ClN2O3S. The average molecular weight is 367 g/mol. The Morgan fingerprint density at radius 3 is 2.96 bits per heavy atom. The van der Waals surface area contributed by atoms with Gasteiger partial charge in [0.05, 0.1) is 17.6 Å². The minimum absolute atomic E-state index is 0.0401. The lowest BCUT2D eigenvalue weighted by molar-refractivity contribution is -0.120. The fourth-order valence-electron chi connectivity index (χ4n) is 2.43. The number of aromatic nitrogens is 1. The zero-order valence-electron chi connectivity index (χ0n) is 13.3. The van der Waals surface area contributed by atoms with Crippen LogP contribution < -0.4 is 5.32 Å². The predicted octanol–water partition coefficient (Wildman–Crippen LogP) is 3.77. The summed E-state index contributed by atoms with van der Waals surface area (Å²) in [6, 6.07) is 7.34. The van der Waals surface area contributed by atoms with Crippen molar-refractivity contribution in [1.82, 2.24) is 10.3 Å². The molecule has 2 atom stereocenters. The van der Waals surface area contributed by atoms with E-state index in [4.69, 9.17) is 20.8 Å². The second kappa shape index (κ2) is 8.05. The molecular weight excluding hydrogens is 348 g/mol. The van der Waals surface area contributed by atoms with Crippen LogP contribution in [0.15, 0.2) is 40.1 Å². The van der Waals surface area contributed by atoms with Gasteiger partial charge in [0.2, 0.25) is 5.91 Å². The molecule has 0 spiro atoms. The van der Waals surface area contributed by atoms with Gasteiger partial charge in [-0.05, 0) is 44.0 Å². The van der Waals surface area contributed by atoms with Crippen molar-refractivity contribution >= 4 is 29.3 Å². The molecule has 1 saturated heterocycles. The second-order valence-corrected chi connectivity index (χ2v) is 7.37. The van der Waals surface area contributed by atoms with Crippen LogP contribution in [0.2, 0.25) is 5.02 Å². The van der Waals surface area contributed by atoms with E-state index >= 15 is 0 Å². The summed E-state index contributed by atoms with van der Waals surface area (Å²) in [7, 11) is 0. The normalized spacial score (nSPS) is 18.5. The molecule has 1 aromatic heterocycles. The lowest BCUT2D eigenvalue weighted by Gasteiger charge is -2.13. The van der Waals surface area contributed by atoms with E-state index in [9.17, 15) is 4.79 Å². The molecule has 1 aliphatic rings. The highest BCUT2D eigenvalue weighted by Crippen LogP contribution is 2.28. The SMILES string of the molecule is C[C@@H](Sc1ncc(-c2ccc(Cl)cc2)o1)C(=O)NC[C@H]1CCCO1. The maximum Gasteiger partial charge on any atom is 0.256 e. The quantitative estimate of drug-likeness (QED) is 0.788. The molecule has 2 aromatic rings. The number of rotatable bonds is 6. The molecule has 1 amide bonds. The Kier molecular flexibility index (Phi) is 5.81. The van der Waals surface area contributed by atoms with E-state index in [-0.39, 0.29) is 17.3 Å². The molecule has 0 bridgehead atoms. The third kappa shape index (κ3) is 4.53. The van der Waals surface area contributed by atoms with Crippen LogP contribution in [0.25, 0.3) is 11.3 Å². The number of nitrogens with one attached hydrogen (secondary N) is 1. The van der Waals surface area contributed by atoms with E-state index < -0.39 is 0 Å². The molecule has 3 rings (SSSR count). The van der Waals surface area contributed by atoms with Crippen LogP contribution in [0.1, 0.15) is 19.8 Å². The molecule has 2 heterocycles. The first-order chi connectivity index (χ1) is 11.6. The maximum atomic E-state index is 12.1. The lowest BCUT2D eigenvalue weighted by Crippen LogP contribution is -2.36. The third-order valence-electron chi connectivity index (χ3n) is 3.79. The summed E-state index contributed by atoms with van der Waals surface area (Å²) < 4.78 is 11.2. The number of thioether (sulfide) groups is 1. The number of carbonyl (C=O) groups is 1. The number of nitrogens with zero attached hydrogens (tertiary/aromatic N) is 1. The minimum Gasteiger partial charge on any atom is -0.431 e. The third-order valence-corrected chi connectivity index (χ3v) is 5.00. The highest BCUT2D eigenvalue weighted by atomic mass is 35.5. The highest BCUT2D eigenvalue weighted by molar-refractivity contribution is 8.00. The number of amides is 1. The number of carbonyl (C=O) groups excluding carboxylic acids is 1. The van der Waals surface area contributed by atoms with Crippen molar-refractivity contribution in [1.29, 1.82) is 0 Å². The van der Waals surface area contributed by atoms with Crippen LogP contribution >= 0.6 is 23.4 Å². The molecule has 1 aliphatic heterocycles. The van der Waals surface area contributed by atoms with E-state index in [2.05, 4.69) is 10.3 Å². The molecule has 5 nitrogen and oxygen atoms in total. The number of ether oxygens (including phenoxy) is 1. The Morgan fingerprint density at radius 1 is 1.46 bits per heavy atom. The largest absolute Gasteiger partial charge is 0.431 e. The average Bonchev–Trinajstić information content (AvgIpc) is 3.25. The molecule has 1 N–H and O–H groups in total. The van der Waals surface area contributed by atoms with Gasteiger partial charge in [-0.25, -0.2) is 4.98 Å². The lowest BCUT2D eigenvalue weighted by atomic mass is 10.2. The van der Waals surface area contributed by atoms with Crippen molar-refractivity contribution in [2.75, 3.05) is 13.2 Å². The van der Waals surface area contributed by atoms with Crippen LogP contribution in [0.3, 0.4) is 0 Å². The molecule has 7 heteroatoms. The van der Waals surface area contributed by atoms with Gasteiger partial charge >= 0.3 is 0 Å². The summed E-state index contributed by atoms with van der Waals surface area (Å²) in [5, 5.41) is 3.77. The van der Waals surface area contributed by atoms with Crippen molar-refractivity contribution in [3.63, 3.8) is 0 Å². The summed E-state index contributed by atoms with van der Waals surface area (Å²) in [4.78, 5) is 16.4. The number of hydrogen-bond donors (Lipinski definition) is 1. The van der Waals surface area contributed by atoms with Gasteiger partial charge in [0, 0.05) is 23.7 Å². The van der Waals surface area contributed by atoms with Crippen LogP contribution in [-0.4, -0.2) is 35.4 Å². The Hall–Kier alpha value is -1.50. The monoisotopic (exact) mass is 366 g/mol. The zero-order chi connectivity index (χ0) is 16.9. The summed E-state index contributed by atoms with van der Waals surface area (Å²) in [5.74, 6) is 0.614. The molecule has 128 valence electrons. The fourth-order valence-corrected chi connectivity index (χ4v) is 3.30. The first-order valence-electron chi connectivity index (χ1n) is 7.89. The summed E-state index contributed by atoms with van der Waals surface area (Å²) >= 11 is 7.18. The maximum absolute atomic E-state index is 12.1. The van der Waals surface area contributed by atoms with Gasteiger partial charge in [-0.2, -0.15) is 0 Å². The van der Waals surface area contributed by atoms with E-state index in [1.165, 1.54) is 11.8 Å². The summed E-state index contributed by atoms with van der Waals surface area (Å²) in [6.45, 7) is 3.18. The molecule has 1 aromatic carbocycles. The summed E-state index contributed by atoms with van der Waals surface area (Å²) in [6.07, 6.45) is 3.87. The second-order valence-electron chi connectivity index (χ2n) is 5.64. The zero-order valence-corrected chi connectivity index (χ0v) is 14.9. The molecule has 1 fully saturated rings. The van der Waals surface area contributed by atoms with Crippen molar-refractivity contribution in [3.05, 3.63) is 35.5 Å². The van der Waals surface area contributed by atoms with Crippen LogP contribution in [0.5, 0.6) is 0 Å². The summed E-state index contributed by atoms with van der Waals surface area (Å²) in [5.41, 5.74) is 0.897. The topological polar surface area (TPSA) is 64.4 Å². The molecule has 0 aliphatic carbocycles. The van der Waals surface area contributed by atoms with Gasteiger partial charge < -0.3 is 14.5 Å². The van der Waals surface area contributed by atoms with Crippen LogP contribution in [-0.2, 0) is 9.53 Å². The van der Waals surface area contributed by atoms with Gasteiger partial charge in [0.1, 0.15) is 0 Å². The van der Waals surface area contributed by atoms with E-state index in [1.54, 1.807) is 18.3 Å². The van der Waals surface area contributed by atoms with Gasteiger partial charge in [-0.1, -0.05) is 23.4 Å². The first-order valence-corrected chi connectivity index (χ1v) is 9.15. The van der Waals surface area contributed by atoms with E-state index in [0.29, 0.717) is 22.6 Å². The standard InChI is InChI=1S/C17H19ClN2O3S/c1-11(16(21)19-9-14-3-2-8-22-14)24-17-20-10-15(23-17)12-4-6-13(18)7-5-12/h4-7,10-11,14H,2-3,8-9H2,1H3,(H,19,21)/t11-,14-/m1/s1.